The molecule has 0 spiro atoms. The molecule has 2 aliphatic rings. The van der Waals surface area contributed by atoms with Gasteiger partial charge >= 0.3 is 5.97 Å². The average molecular weight is 1120 g/mol. The highest BCUT2D eigenvalue weighted by molar-refractivity contribution is 5.69. The third kappa shape index (κ3) is 36.9. The molecule has 2 fully saturated rings. The lowest BCUT2D eigenvalue weighted by molar-refractivity contribution is -0.332. The lowest BCUT2D eigenvalue weighted by atomic mass is 9.98. The molecule has 454 valence electrons. The minimum absolute atomic E-state index is 0.0443. The molecule has 11 atom stereocenters. The van der Waals surface area contributed by atoms with Gasteiger partial charge in [-0.1, -0.05) is 201 Å². The van der Waals surface area contributed by atoms with Crippen LogP contribution in [0.3, 0.4) is 0 Å². The molecular weight excluding hydrogens is 1000 g/mol. The van der Waals surface area contributed by atoms with Gasteiger partial charge in [0.2, 0.25) is 0 Å². The molecule has 2 aliphatic heterocycles. The molecule has 2 saturated heterocycles. The number of rotatable bonds is 49. The van der Waals surface area contributed by atoms with E-state index >= 15 is 0 Å². The van der Waals surface area contributed by atoms with Crippen molar-refractivity contribution in [3.05, 3.63) is 97.2 Å². The fraction of sp³-hybridized carbons (Fsp3) is 0.738. The van der Waals surface area contributed by atoms with Gasteiger partial charge in [-0.15, -0.1) is 0 Å². The van der Waals surface area contributed by atoms with E-state index in [0.29, 0.717) is 13.0 Å². The molecule has 14 nitrogen and oxygen atoms in total. The number of aliphatic hydroxyl groups excluding tert-OH is 7. The van der Waals surface area contributed by atoms with Crippen molar-refractivity contribution in [2.45, 2.75) is 274 Å². The SMILES string of the molecule is CC/C=C\C/C=C\C/C=C\C/C=C\C/C=C\CCCCCCCCCC(=O)OC(COCCCCCCCCC/C=C\C/C=C\C/C=C\CCCCCCC)COC1OC(COC2OC(CO)C(O)C(O)C2O)C(O)C(O)C1O. The van der Waals surface area contributed by atoms with Crippen LogP contribution < -0.4 is 0 Å². The summed E-state index contributed by atoms with van der Waals surface area (Å²) >= 11 is 0. The van der Waals surface area contributed by atoms with Crippen molar-refractivity contribution >= 4 is 5.97 Å². The number of unbranched alkanes of at least 4 members (excludes halogenated alkanes) is 19. The van der Waals surface area contributed by atoms with Crippen molar-refractivity contribution in [2.24, 2.45) is 0 Å². The van der Waals surface area contributed by atoms with Crippen LogP contribution in [0.5, 0.6) is 0 Å². The number of carbonyl (C=O) groups is 1. The Morgan fingerprint density at radius 1 is 0.430 bits per heavy atom. The quantitative estimate of drug-likeness (QED) is 0.0172. The fourth-order valence-corrected chi connectivity index (χ4v) is 9.14. The first kappa shape index (κ1) is 72.0. The molecule has 0 bridgehead atoms. The van der Waals surface area contributed by atoms with Crippen molar-refractivity contribution in [2.75, 3.05) is 33.0 Å². The highest BCUT2D eigenvalue weighted by Crippen LogP contribution is 2.27. The monoisotopic (exact) mass is 1110 g/mol. The van der Waals surface area contributed by atoms with Gasteiger partial charge in [0.1, 0.15) is 54.9 Å². The van der Waals surface area contributed by atoms with Crippen LogP contribution >= 0.6 is 0 Å². The van der Waals surface area contributed by atoms with Crippen LogP contribution in [-0.2, 0) is 33.2 Å². The average Bonchev–Trinajstić information content (AvgIpc) is 3.46. The maximum Gasteiger partial charge on any atom is 0.306 e. The normalized spacial score (nSPS) is 24.7. The Balaban J connectivity index is 1.71. The van der Waals surface area contributed by atoms with Crippen molar-refractivity contribution in [3.63, 3.8) is 0 Å². The molecule has 2 heterocycles. The van der Waals surface area contributed by atoms with Gasteiger partial charge in [0.05, 0.1) is 26.4 Å². The van der Waals surface area contributed by atoms with Crippen molar-refractivity contribution < 1.29 is 69.0 Å². The predicted octanol–water partition coefficient (Wildman–Crippen LogP) is 11.7. The zero-order valence-electron chi connectivity index (χ0n) is 48.8. The maximum atomic E-state index is 13.1. The van der Waals surface area contributed by atoms with E-state index in [1.54, 1.807) is 0 Å². The van der Waals surface area contributed by atoms with Crippen molar-refractivity contribution in [1.29, 1.82) is 0 Å². The molecule has 11 unspecified atom stereocenters. The van der Waals surface area contributed by atoms with E-state index in [0.717, 1.165) is 116 Å². The summed E-state index contributed by atoms with van der Waals surface area (Å²) in [5.41, 5.74) is 0. The van der Waals surface area contributed by atoms with E-state index in [-0.39, 0.29) is 19.6 Å². The molecule has 0 aromatic rings. The second kappa shape index (κ2) is 50.6. The van der Waals surface area contributed by atoms with Crippen molar-refractivity contribution in [3.8, 4) is 0 Å². The highest BCUT2D eigenvalue weighted by Gasteiger charge is 2.47. The third-order valence-electron chi connectivity index (χ3n) is 14.1. The first-order valence-corrected chi connectivity index (χ1v) is 30.8. The minimum Gasteiger partial charge on any atom is -0.457 e. The summed E-state index contributed by atoms with van der Waals surface area (Å²) in [5.74, 6) is -0.394. The van der Waals surface area contributed by atoms with Gasteiger partial charge in [0.25, 0.3) is 0 Å². The van der Waals surface area contributed by atoms with Gasteiger partial charge in [-0.25, -0.2) is 0 Å². The predicted molar refractivity (Wildman–Crippen MR) is 316 cm³/mol. The molecule has 0 aliphatic carbocycles. The van der Waals surface area contributed by atoms with Crippen molar-refractivity contribution in [1.82, 2.24) is 0 Å². The summed E-state index contributed by atoms with van der Waals surface area (Å²) in [6, 6.07) is 0. The zero-order chi connectivity index (χ0) is 57.2. The van der Waals surface area contributed by atoms with Gasteiger partial charge in [-0.05, 0) is 96.3 Å². The number of hydrogen-bond donors (Lipinski definition) is 7. The third-order valence-corrected chi connectivity index (χ3v) is 14.1. The van der Waals surface area contributed by atoms with Gasteiger partial charge in [-0.2, -0.15) is 0 Å². The van der Waals surface area contributed by atoms with Crippen LogP contribution in [0, 0.1) is 0 Å². The molecule has 0 aromatic heterocycles. The van der Waals surface area contributed by atoms with Crippen LogP contribution in [0.1, 0.15) is 206 Å². The maximum absolute atomic E-state index is 13.1. The Morgan fingerprint density at radius 3 is 1.29 bits per heavy atom. The minimum atomic E-state index is -1.72. The summed E-state index contributed by atoms with van der Waals surface area (Å²) in [4.78, 5) is 13.1. The van der Waals surface area contributed by atoms with E-state index in [9.17, 15) is 40.5 Å². The fourth-order valence-electron chi connectivity index (χ4n) is 9.14. The number of ether oxygens (including phenoxy) is 6. The van der Waals surface area contributed by atoms with E-state index < -0.39 is 86.7 Å². The first-order chi connectivity index (χ1) is 38.6. The van der Waals surface area contributed by atoms with Gasteiger partial charge in [0, 0.05) is 13.0 Å². The first-order valence-electron chi connectivity index (χ1n) is 30.8. The second-order valence-corrected chi connectivity index (χ2v) is 21.1. The lowest BCUT2D eigenvalue weighted by Crippen LogP contribution is -2.61. The number of allylic oxidation sites excluding steroid dienone is 16. The molecule has 0 aromatic carbocycles. The molecule has 7 N–H and O–H groups in total. The molecule has 0 radical (unpaired) electrons. The van der Waals surface area contributed by atoms with Crippen LogP contribution in [0.4, 0.5) is 0 Å². The van der Waals surface area contributed by atoms with Crippen LogP contribution in [-0.4, -0.2) is 142 Å². The number of esters is 1. The Labute approximate surface area is 477 Å². The lowest BCUT2D eigenvalue weighted by Gasteiger charge is -2.42. The zero-order valence-corrected chi connectivity index (χ0v) is 48.8. The molecule has 0 amide bonds. The Bertz CT molecular complexity index is 1670. The Hall–Kier alpha value is -3.09. The van der Waals surface area contributed by atoms with E-state index in [4.69, 9.17) is 28.4 Å². The Kier molecular flexibility index (Phi) is 46.1. The van der Waals surface area contributed by atoms with Crippen LogP contribution in [0.2, 0.25) is 0 Å². The van der Waals surface area contributed by atoms with Gasteiger partial charge < -0.3 is 64.2 Å². The molecule has 14 heteroatoms. The van der Waals surface area contributed by atoms with Gasteiger partial charge in [-0.3, -0.25) is 4.79 Å². The molecule has 0 saturated carbocycles. The van der Waals surface area contributed by atoms with E-state index in [2.05, 4.69) is 111 Å². The standard InChI is InChI=1S/C65H110O14/c1-3-5-7-9-11-13-15-17-19-21-23-25-27-28-30-32-34-36-38-40-42-44-46-48-57(67)77-54(51-74-49-47-45-43-41-39-37-35-33-31-29-26-24-22-20-18-16-14-12-10-8-6-4-2)52-75-64-63(73)61(71)59(69)56(79-64)53-76-65-62(72)60(70)58(68)55(50-66)78-65/h5,7,11,13,16-19,22-25,28-31,54-56,58-66,68-73H,3-4,6,8-10,12,14-15,20-21,26-27,32-53H2,1-2H3/b7-5-,13-11-,18-16-,19-17-,24-22-,25-23-,30-28-,31-29-. The Morgan fingerprint density at radius 2 is 0.823 bits per heavy atom. The summed E-state index contributed by atoms with van der Waals surface area (Å²) in [6.45, 7) is 3.52. The van der Waals surface area contributed by atoms with Crippen LogP contribution in [0.25, 0.3) is 0 Å². The molecular formula is C65H110O14. The smallest absolute Gasteiger partial charge is 0.306 e. The second-order valence-electron chi connectivity index (χ2n) is 21.1. The summed E-state index contributed by atoms with van der Waals surface area (Å²) in [5, 5.41) is 72.5. The number of hydrogen-bond acceptors (Lipinski definition) is 14. The highest BCUT2D eigenvalue weighted by atomic mass is 16.7. The van der Waals surface area contributed by atoms with Gasteiger partial charge in [0.15, 0.2) is 12.6 Å². The number of carbonyl (C=O) groups excluding carboxylic acids is 1. The largest absolute Gasteiger partial charge is 0.457 e. The van der Waals surface area contributed by atoms with Crippen LogP contribution in [0.15, 0.2) is 97.2 Å². The molecule has 79 heavy (non-hydrogen) atoms. The topological polar surface area (TPSA) is 214 Å². The molecule has 2 rings (SSSR count). The summed E-state index contributed by atoms with van der Waals surface area (Å²) in [6.07, 6.45) is 51.7. The summed E-state index contributed by atoms with van der Waals surface area (Å²) in [7, 11) is 0. The summed E-state index contributed by atoms with van der Waals surface area (Å²) < 4.78 is 34.4. The van der Waals surface area contributed by atoms with E-state index in [1.165, 1.54) is 64.2 Å². The van der Waals surface area contributed by atoms with E-state index in [1.807, 2.05) is 0 Å². The number of aliphatic hydroxyl groups is 7.